The van der Waals surface area contributed by atoms with Crippen LogP contribution in [0.15, 0.2) is 53.6 Å². The second kappa shape index (κ2) is 8.92. The molecule has 0 saturated heterocycles. The quantitative estimate of drug-likeness (QED) is 0.535. The van der Waals surface area contributed by atoms with Gasteiger partial charge in [-0.15, -0.1) is 5.73 Å². The molecule has 0 unspecified atom stereocenters. The molecule has 1 nitrogen and oxygen atoms in total. The molecule has 1 heterocycles. The Labute approximate surface area is 105 Å². The van der Waals surface area contributed by atoms with Crippen molar-refractivity contribution in [2.45, 2.75) is 22.3 Å². The Morgan fingerprint density at radius 2 is 1.79 bits per heavy atom. The zero-order valence-electron chi connectivity index (χ0n) is 5.96. The maximum absolute atomic E-state index is 3.02. The number of allylic oxidation sites excluding steroid dienone is 5. The number of rotatable bonds is 0. The predicted molar refractivity (Wildman–Crippen MR) is 67.0 cm³/mol. The van der Waals surface area contributed by atoms with Gasteiger partial charge in [0.05, 0.1) is 0 Å². The first kappa shape index (κ1) is 19.0. The molecule has 0 amide bonds. The molecule has 14 heavy (non-hydrogen) atoms. The van der Waals surface area contributed by atoms with Crippen molar-refractivity contribution in [3.05, 3.63) is 53.6 Å². The Hall–Kier alpha value is -0.661. The van der Waals surface area contributed by atoms with E-state index in [2.05, 4.69) is 11.0 Å². The van der Waals surface area contributed by atoms with E-state index in [1.165, 1.54) is 11.1 Å². The van der Waals surface area contributed by atoms with E-state index >= 15 is 0 Å². The Morgan fingerprint density at radius 1 is 1.07 bits per heavy atom. The van der Waals surface area contributed by atoms with E-state index < -0.39 is 0 Å². The van der Waals surface area contributed by atoms with Gasteiger partial charge in [0.25, 0.3) is 0 Å². The number of hydrogen-bond acceptors (Lipinski definition) is 1. The Kier molecular flexibility index (Phi) is 12.1. The van der Waals surface area contributed by atoms with Crippen LogP contribution in [0.5, 0.6) is 0 Å². The minimum Gasteiger partial charge on any atom is -0.367 e. The van der Waals surface area contributed by atoms with Crippen molar-refractivity contribution < 1.29 is 0 Å². The van der Waals surface area contributed by atoms with Crippen molar-refractivity contribution in [2.75, 3.05) is 0 Å². The van der Waals surface area contributed by atoms with Crippen molar-refractivity contribution in [1.82, 2.24) is 5.32 Å². The number of fused-ring (bicyclic) bond motifs is 1. The van der Waals surface area contributed by atoms with Gasteiger partial charge in [0.2, 0.25) is 0 Å². The second-order valence-electron chi connectivity index (χ2n) is 2.20. The fourth-order valence-electron chi connectivity index (χ4n) is 1.01. The van der Waals surface area contributed by atoms with Crippen molar-refractivity contribution in [2.24, 2.45) is 0 Å². The molecule has 1 aliphatic carbocycles. The summed E-state index contributed by atoms with van der Waals surface area (Å²) in [5.41, 5.74) is 5.46. The molecule has 2 rings (SSSR count). The van der Waals surface area contributed by atoms with E-state index in [9.17, 15) is 0 Å². The van der Waals surface area contributed by atoms with Gasteiger partial charge in [0, 0.05) is 41.9 Å². The topological polar surface area (TPSA) is 12.0 Å². The van der Waals surface area contributed by atoms with Gasteiger partial charge in [-0.3, -0.25) is 0 Å². The monoisotopic (exact) mass is 297 g/mol. The van der Waals surface area contributed by atoms with Crippen LogP contribution in [0, 0.1) is 0 Å². The summed E-state index contributed by atoms with van der Waals surface area (Å²) in [5.74, 6) is 0. The largest absolute Gasteiger partial charge is 0.367 e. The van der Waals surface area contributed by atoms with Gasteiger partial charge < -0.3 is 5.32 Å². The average Bonchev–Trinajstić information content (AvgIpc) is 2.05. The van der Waals surface area contributed by atoms with Gasteiger partial charge >= 0.3 is 0 Å². The molecule has 0 aromatic rings. The van der Waals surface area contributed by atoms with Gasteiger partial charge in [-0.05, 0) is 29.9 Å². The summed E-state index contributed by atoms with van der Waals surface area (Å²) in [7, 11) is 0. The Bertz CT molecular complexity index is 302. The molecule has 0 atom stereocenters. The van der Waals surface area contributed by atoms with Gasteiger partial charge in [0.1, 0.15) is 0 Å². The summed E-state index contributed by atoms with van der Waals surface area (Å²) in [5, 5.41) is 3.02. The SMILES string of the molecule is C.C.C.C1=CC=C2C=CNC=C2C=1.[Sn]. The van der Waals surface area contributed by atoms with Crippen molar-refractivity contribution in [1.29, 1.82) is 0 Å². The smallest absolute Gasteiger partial charge is 0.00898 e. The maximum atomic E-state index is 3.02. The molecule has 0 aromatic heterocycles. The normalized spacial score (nSPS) is 13.7. The second-order valence-corrected chi connectivity index (χ2v) is 2.20. The summed E-state index contributed by atoms with van der Waals surface area (Å²) < 4.78 is 0. The van der Waals surface area contributed by atoms with E-state index in [4.69, 9.17) is 0 Å². The molecule has 0 aromatic carbocycles. The van der Waals surface area contributed by atoms with Crippen molar-refractivity contribution in [3.8, 4) is 0 Å². The van der Waals surface area contributed by atoms with Crippen LogP contribution in [-0.2, 0) is 0 Å². The summed E-state index contributed by atoms with van der Waals surface area (Å²) >= 11 is 0. The molecule has 0 bridgehead atoms. The minimum absolute atomic E-state index is 0. The molecule has 2 heteroatoms. The molecular formula is C12H19NSn. The molecular weight excluding hydrogens is 277 g/mol. The van der Waals surface area contributed by atoms with Crippen LogP contribution >= 0.6 is 0 Å². The van der Waals surface area contributed by atoms with Crippen LogP contribution < -0.4 is 5.32 Å². The molecule has 0 fully saturated rings. The first-order valence-corrected chi connectivity index (χ1v) is 3.23. The first-order valence-electron chi connectivity index (χ1n) is 3.23. The molecule has 76 valence electrons. The summed E-state index contributed by atoms with van der Waals surface area (Å²) in [6, 6.07) is 0. The average molecular weight is 296 g/mol. The third-order valence-corrected chi connectivity index (χ3v) is 1.53. The third-order valence-electron chi connectivity index (χ3n) is 1.53. The van der Waals surface area contributed by atoms with E-state index in [-0.39, 0.29) is 46.2 Å². The maximum Gasteiger partial charge on any atom is 0.00898 e. The Balaban J connectivity index is -0.000000302. The van der Waals surface area contributed by atoms with Crippen LogP contribution in [-0.4, -0.2) is 23.9 Å². The fourth-order valence-corrected chi connectivity index (χ4v) is 1.01. The van der Waals surface area contributed by atoms with Crippen LogP contribution in [0.25, 0.3) is 0 Å². The standard InChI is InChI=1S/C9H7N.3CH4.Sn/c1-2-4-9-7-10-6-5-8(9)3-1;;;;/h1,3-7,10H;3*1H4;. The summed E-state index contributed by atoms with van der Waals surface area (Å²) in [6.07, 6.45) is 11.9. The zero-order chi connectivity index (χ0) is 6.81. The van der Waals surface area contributed by atoms with E-state index in [1.807, 2.05) is 36.7 Å². The number of hydrogen-bond donors (Lipinski definition) is 1. The number of nitrogens with one attached hydrogen (secondary N) is 1. The molecule has 0 spiro atoms. The fraction of sp³-hybridized carbons (Fsp3) is 0.250. The minimum atomic E-state index is 0. The molecule has 4 radical (unpaired) electrons. The van der Waals surface area contributed by atoms with E-state index in [0.29, 0.717) is 0 Å². The van der Waals surface area contributed by atoms with Gasteiger partial charge in [0.15, 0.2) is 0 Å². The van der Waals surface area contributed by atoms with Crippen molar-refractivity contribution >= 4 is 23.9 Å². The van der Waals surface area contributed by atoms with Gasteiger partial charge in [-0.25, -0.2) is 0 Å². The van der Waals surface area contributed by atoms with Crippen LogP contribution in [0.4, 0.5) is 0 Å². The van der Waals surface area contributed by atoms with Crippen LogP contribution in [0.1, 0.15) is 22.3 Å². The summed E-state index contributed by atoms with van der Waals surface area (Å²) in [6.45, 7) is 0. The Morgan fingerprint density at radius 3 is 2.43 bits per heavy atom. The molecule has 1 aliphatic heterocycles. The molecule has 0 saturated carbocycles. The van der Waals surface area contributed by atoms with Crippen LogP contribution in [0.3, 0.4) is 0 Å². The predicted octanol–water partition coefficient (Wildman–Crippen LogP) is 3.17. The van der Waals surface area contributed by atoms with Gasteiger partial charge in [-0.2, -0.15) is 0 Å². The molecule has 2 aliphatic rings. The summed E-state index contributed by atoms with van der Waals surface area (Å²) in [4.78, 5) is 0. The molecule has 1 N–H and O–H groups in total. The number of dihydropyridines is 1. The van der Waals surface area contributed by atoms with E-state index in [1.54, 1.807) is 0 Å². The zero-order valence-corrected chi connectivity index (χ0v) is 8.82. The first-order chi connectivity index (χ1) is 4.97. The van der Waals surface area contributed by atoms with E-state index in [0.717, 1.165) is 0 Å². The van der Waals surface area contributed by atoms with Crippen LogP contribution in [0.2, 0.25) is 0 Å². The van der Waals surface area contributed by atoms with Crippen molar-refractivity contribution in [3.63, 3.8) is 0 Å². The van der Waals surface area contributed by atoms with Gasteiger partial charge in [-0.1, -0.05) is 22.3 Å². The third kappa shape index (κ3) is 4.03.